The molecule has 0 fully saturated rings. The van der Waals surface area contributed by atoms with E-state index in [1.54, 1.807) is 6.20 Å². The first kappa shape index (κ1) is 25.7. The summed E-state index contributed by atoms with van der Waals surface area (Å²) in [7, 11) is 0. The number of hydrogen-bond acceptors (Lipinski definition) is 7. The summed E-state index contributed by atoms with van der Waals surface area (Å²) >= 11 is 3.89. The molecule has 12 nitrogen and oxygen atoms in total. The number of primary amides is 1. The molecule has 0 bridgehead atoms. The van der Waals surface area contributed by atoms with Crippen molar-refractivity contribution in [1.29, 1.82) is 0 Å². The van der Waals surface area contributed by atoms with Gasteiger partial charge in [0.2, 0.25) is 23.6 Å². The summed E-state index contributed by atoms with van der Waals surface area (Å²) in [4.78, 5) is 62.5. The summed E-state index contributed by atoms with van der Waals surface area (Å²) in [6.07, 6.45) is 1.17. The van der Waals surface area contributed by atoms with Gasteiger partial charge in [0.15, 0.2) is 0 Å². The van der Waals surface area contributed by atoms with Gasteiger partial charge in [-0.15, -0.1) is 0 Å². The Labute approximate surface area is 194 Å². The summed E-state index contributed by atoms with van der Waals surface area (Å²) in [5.74, 6) is -4.45. The number of hydrogen-bond donors (Lipinski definition) is 8. The number of para-hydroxylation sites is 1. The van der Waals surface area contributed by atoms with Crippen LogP contribution in [0.4, 0.5) is 0 Å². The van der Waals surface area contributed by atoms with E-state index in [9.17, 15) is 29.1 Å². The number of carboxylic acids is 1. The van der Waals surface area contributed by atoms with E-state index in [4.69, 9.17) is 11.5 Å². The SMILES string of the molecule is NC(=O)CC(NC(=O)C(N)CS)C(=O)NCC(=O)NC(Cc1c[nH]c2ccccc12)C(=O)O. The van der Waals surface area contributed by atoms with Crippen LogP contribution < -0.4 is 27.4 Å². The molecule has 13 heteroatoms. The third kappa shape index (κ3) is 7.50. The Morgan fingerprint density at radius 1 is 1.06 bits per heavy atom. The maximum atomic E-state index is 12.4. The molecule has 33 heavy (non-hydrogen) atoms. The van der Waals surface area contributed by atoms with E-state index < -0.39 is 60.7 Å². The van der Waals surface area contributed by atoms with Gasteiger partial charge < -0.3 is 37.5 Å². The molecular weight excluding hydrogens is 452 g/mol. The molecule has 0 saturated heterocycles. The van der Waals surface area contributed by atoms with Gasteiger partial charge in [0.1, 0.15) is 12.1 Å². The average molecular weight is 479 g/mol. The molecule has 0 aliphatic carbocycles. The minimum absolute atomic E-state index is 0.00611. The molecule has 178 valence electrons. The van der Waals surface area contributed by atoms with Gasteiger partial charge in [0.05, 0.1) is 19.0 Å². The Morgan fingerprint density at radius 2 is 1.76 bits per heavy atom. The van der Waals surface area contributed by atoms with Crippen LogP contribution in [0, 0.1) is 0 Å². The quantitative estimate of drug-likeness (QED) is 0.161. The van der Waals surface area contributed by atoms with Crippen LogP contribution in [0.3, 0.4) is 0 Å². The first-order valence-corrected chi connectivity index (χ1v) is 10.6. The average Bonchev–Trinajstić information content (AvgIpc) is 3.18. The van der Waals surface area contributed by atoms with Crippen LogP contribution in [-0.4, -0.2) is 70.1 Å². The number of carbonyl (C=O) groups is 5. The fourth-order valence-corrected chi connectivity index (χ4v) is 3.19. The molecule has 0 aliphatic rings. The second-order valence-corrected chi connectivity index (χ2v) is 7.63. The van der Waals surface area contributed by atoms with Crippen LogP contribution in [0.5, 0.6) is 0 Å². The molecule has 4 amide bonds. The van der Waals surface area contributed by atoms with Crippen LogP contribution in [0.15, 0.2) is 30.5 Å². The molecule has 0 spiro atoms. The highest BCUT2D eigenvalue weighted by Crippen LogP contribution is 2.19. The maximum absolute atomic E-state index is 12.4. The number of thiol groups is 1. The predicted octanol–water partition coefficient (Wildman–Crippen LogP) is -1.99. The number of fused-ring (bicyclic) bond motifs is 1. The van der Waals surface area contributed by atoms with E-state index in [2.05, 4.69) is 33.6 Å². The lowest BCUT2D eigenvalue weighted by Crippen LogP contribution is -2.54. The van der Waals surface area contributed by atoms with Gasteiger partial charge in [-0.05, 0) is 11.6 Å². The number of amides is 4. The number of nitrogens with one attached hydrogen (secondary N) is 4. The molecule has 3 atom stereocenters. The monoisotopic (exact) mass is 478 g/mol. The molecule has 1 aromatic heterocycles. The fraction of sp³-hybridized carbons (Fsp3) is 0.350. The van der Waals surface area contributed by atoms with Crippen LogP contribution >= 0.6 is 12.6 Å². The van der Waals surface area contributed by atoms with Crippen molar-refractivity contribution in [2.75, 3.05) is 12.3 Å². The van der Waals surface area contributed by atoms with Gasteiger partial charge in [-0.1, -0.05) is 18.2 Å². The summed E-state index contributed by atoms with van der Waals surface area (Å²) in [5.41, 5.74) is 12.2. The number of H-pyrrole nitrogens is 1. The lowest BCUT2D eigenvalue weighted by molar-refractivity contribution is -0.141. The van der Waals surface area contributed by atoms with Gasteiger partial charge in [0.25, 0.3) is 0 Å². The van der Waals surface area contributed by atoms with Crippen molar-refractivity contribution in [2.45, 2.75) is 31.0 Å². The lowest BCUT2D eigenvalue weighted by atomic mass is 10.0. The van der Waals surface area contributed by atoms with Gasteiger partial charge in [-0.3, -0.25) is 19.2 Å². The number of aromatic nitrogens is 1. The number of aromatic amines is 1. The number of nitrogens with two attached hydrogens (primary N) is 2. The number of carboxylic acid groups (broad SMARTS) is 1. The van der Waals surface area contributed by atoms with E-state index in [-0.39, 0.29) is 12.2 Å². The minimum atomic E-state index is -1.35. The Balaban J connectivity index is 1.97. The van der Waals surface area contributed by atoms with Crippen molar-refractivity contribution >= 4 is 53.1 Å². The normalized spacial score (nSPS) is 13.5. The maximum Gasteiger partial charge on any atom is 0.326 e. The van der Waals surface area contributed by atoms with Crippen LogP contribution in [0.2, 0.25) is 0 Å². The van der Waals surface area contributed by atoms with Crippen molar-refractivity contribution in [2.24, 2.45) is 11.5 Å². The Hall–Kier alpha value is -3.58. The smallest absolute Gasteiger partial charge is 0.326 e. The summed E-state index contributed by atoms with van der Waals surface area (Å²) in [6.45, 7) is -0.583. The Bertz CT molecular complexity index is 1040. The first-order chi connectivity index (χ1) is 15.6. The molecular formula is C20H26N6O6S. The zero-order chi connectivity index (χ0) is 24.5. The minimum Gasteiger partial charge on any atom is -0.480 e. The third-order valence-corrected chi connectivity index (χ3v) is 5.12. The molecule has 3 unspecified atom stereocenters. The molecule has 0 saturated carbocycles. The summed E-state index contributed by atoms with van der Waals surface area (Å²) < 4.78 is 0. The summed E-state index contributed by atoms with van der Waals surface area (Å²) in [5, 5.41) is 17.2. The number of aliphatic carboxylic acids is 1. The van der Waals surface area contributed by atoms with E-state index in [0.717, 1.165) is 10.9 Å². The highest BCUT2D eigenvalue weighted by Gasteiger charge is 2.26. The number of benzene rings is 1. The molecule has 2 aromatic rings. The topological polar surface area (TPSA) is 209 Å². The summed E-state index contributed by atoms with van der Waals surface area (Å²) in [6, 6.07) is 3.71. The Kier molecular flexibility index (Phi) is 9.24. The molecule has 9 N–H and O–H groups in total. The fourth-order valence-electron chi connectivity index (χ4n) is 3.03. The molecule has 0 aliphatic heterocycles. The van der Waals surface area contributed by atoms with Crippen LogP contribution in [0.1, 0.15) is 12.0 Å². The van der Waals surface area contributed by atoms with E-state index >= 15 is 0 Å². The zero-order valence-corrected chi connectivity index (χ0v) is 18.4. The van der Waals surface area contributed by atoms with Gasteiger partial charge >= 0.3 is 5.97 Å². The highest BCUT2D eigenvalue weighted by atomic mass is 32.1. The van der Waals surface area contributed by atoms with Crippen molar-refractivity contribution in [3.63, 3.8) is 0 Å². The highest BCUT2D eigenvalue weighted by molar-refractivity contribution is 7.80. The number of rotatable bonds is 12. The van der Waals surface area contributed by atoms with E-state index in [1.165, 1.54) is 0 Å². The molecule has 1 heterocycles. The van der Waals surface area contributed by atoms with Crippen LogP contribution in [0.25, 0.3) is 10.9 Å². The van der Waals surface area contributed by atoms with E-state index in [0.29, 0.717) is 5.56 Å². The van der Waals surface area contributed by atoms with Crippen molar-refractivity contribution in [3.8, 4) is 0 Å². The van der Waals surface area contributed by atoms with E-state index in [1.807, 2.05) is 24.3 Å². The van der Waals surface area contributed by atoms with Gasteiger partial charge in [-0.25, -0.2) is 4.79 Å². The molecule has 1 aromatic carbocycles. The molecule has 0 radical (unpaired) electrons. The third-order valence-electron chi connectivity index (χ3n) is 4.73. The van der Waals surface area contributed by atoms with Crippen molar-refractivity contribution in [1.82, 2.24) is 20.9 Å². The largest absolute Gasteiger partial charge is 0.480 e. The molecule has 2 rings (SSSR count). The van der Waals surface area contributed by atoms with Crippen LogP contribution in [-0.2, 0) is 30.4 Å². The van der Waals surface area contributed by atoms with Crippen molar-refractivity contribution in [3.05, 3.63) is 36.0 Å². The van der Waals surface area contributed by atoms with Gasteiger partial charge in [-0.2, -0.15) is 12.6 Å². The first-order valence-electron chi connectivity index (χ1n) is 9.92. The second-order valence-electron chi connectivity index (χ2n) is 7.26. The number of carbonyl (C=O) groups excluding carboxylic acids is 4. The standard InChI is InChI=1S/C20H26N6O6S/c21-12(9-33)18(29)26-14(6-16(22)27)19(30)24-8-17(28)25-15(20(31)32)5-10-7-23-13-4-2-1-3-11(10)13/h1-4,7,12,14-15,23,33H,5-6,8-9,21H2,(H2,22,27)(H,24,30)(H,25,28)(H,26,29)(H,31,32). The van der Waals surface area contributed by atoms with Gasteiger partial charge in [0, 0.05) is 29.3 Å². The lowest BCUT2D eigenvalue weighted by Gasteiger charge is -2.19. The second kappa shape index (κ2) is 11.9. The Morgan fingerprint density at radius 3 is 2.39 bits per heavy atom. The van der Waals surface area contributed by atoms with Crippen molar-refractivity contribution < 1.29 is 29.1 Å². The predicted molar refractivity (Wildman–Crippen MR) is 122 cm³/mol. The zero-order valence-electron chi connectivity index (χ0n) is 17.5.